The molecule has 2 rings (SSSR count). The van der Waals surface area contributed by atoms with E-state index in [9.17, 15) is 5.11 Å². The van der Waals surface area contributed by atoms with Crippen molar-refractivity contribution in [2.24, 2.45) is 0 Å². The summed E-state index contributed by atoms with van der Waals surface area (Å²) < 4.78 is 6.90. The Kier molecular flexibility index (Phi) is 4.33. The molecule has 2 N–H and O–H groups in total. The fourth-order valence-electron chi connectivity index (χ4n) is 2.13. The first kappa shape index (κ1) is 14.6. The Morgan fingerprint density at radius 1 is 1.42 bits per heavy atom. The molecule has 1 aromatic heterocycles. The molecule has 0 bridgehead atoms. The van der Waals surface area contributed by atoms with Gasteiger partial charge in [-0.15, -0.1) is 0 Å². The van der Waals surface area contributed by atoms with Crippen molar-refractivity contribution in [2.75, 3.05) is 6.61 Å². The molecule has 2 unspecified atom stereocenters. The minimum Gasteiger partial charge on any atom is -0.459 e. The van der Waals surface area contributed by atoms with Gasteiger partial charge in [0.05, 0.1) is 12.1 Å². The van der Waals surface area contributed by atoms with Gasteiger partial charge in [-0.2, -0.15) is 0 Å². The molecule has 1 heterocycles. The molecule has 0 radical (unpaired) electrons. The SMILES string of the molecule is CCC(C)NC(C)(CO)c1cc2cc(Br)ccc2o1. The van der Waals surface area contributed by atoms with Gasteiger partial charge in [-0.05, 0) is 44.5 Å². The molecular weight excluding hydrogens is 306 g/mol. The van der Waals surface area contributed by atoms with Crippen LogP contribution in [0.25, 0.3) is 11.0 Å². The number of hydrogen-bond acceptors (Lipinski definition) is 3. The molecule has 0 aliphatic carbocycles. The van der Waals surface area contributed by atoms with Gasteiger partial charge in [0.15, 0.2) is 0 Å². The maximum atomic E-state index is 9.73. The highest BCUT2D eigenvalue weighted by Gasteiger charge is 2.30. The summed E-state index contributed by atoms with van der Waals surface area (Å²) in [4.78, 5) is 0. The van der Waals surface area contributed by atoms with E-state index in [4.69, 9.17) is 4.42 Å². The first-order chi connectivity index (χ1) is 8.98. The van der Waals surface area contributed by atoms with Crippen LogP contribution in [0.15, 0.2) is 33.2 Å². The molecular formula is C15H20BrNO2. The lowest BCUT2D eigenvalue weighted by molar-refractivity contribution is 0.143. The number of rotatable bonds is 5. The number of hydrogen-bond donors (Lipinski definition) is 2. The summed E-state index contributed by atoms with van der Waals surface area (Å²) in [5, 5.41) is 14.2. The molecule has 3 nitrogen and oxygen atoms in total. The molecule has 2 atom stereocenters. The van der Waals surface area contributed by atoms with Crippen molar-refractivity contribution >= 4 is 26.9 Å². The molecule has 0 fully saturated rings. The quantitative estimate of drug-likeness (QED) is 0.879. The zero-order chi connectivity index (χ0) is 14.0. The van der Waals surface area contributed by atoms with Crippen molar-refractivity contribution in [1.29, 1.82) is 0 Å². The third-order valence-corrected chi connectivity index (χ3v) is 4.01. The van der Waals surface area contributed by atoms with E-state index in [1.165, 1.54) is 0 Å². The highest BCUT2D eigenvalue weighted by atomic mass is 79.9. The van der Waals surface area contributed by atoms with Crippen molar-refractivity contribution in [2.45, 2.75) is 38.8 Å². The minimum absolute atomic E-state index is 0.00166. The van der Waals surface area contributed by atoms with Crippen LogP contribution >= 0.6 is 15.9 Å². The van der Waals surface area contributed by atoms with Crippen LogP contribution in [-0.2, 0) is 5.54 Å². The van der Waals surface area contributed by atoms with Gasteiger partial charge >= 0.3 is 0 Å². The Hall–Kier alpha value is -0.840. The fourth-order valence-corrected chi connectivity index (χ4v) is 2.51. The van der Waals surface area contributed by atoms with E-state index in [0.29, 0.717) is 6.04 Å². The first-order valence-corrected chi connectivity index (χ1v) is 7.36. The summed E-state index contributed by atoms with van der Waals surface area (Å²) in [6, 6.07) is 8.21. The van der Waals surface area contributed by atoms with Crippen LogP contribution in [0.2, 0.25) is 0 Å². The fraction of sp³-hybridized carbons (Fsp3) is 0.467. The van der Waals surface area contributed by atoms with E-state index in [0.717, 1.165) is 27.6 Å². The van der Waals surface area contributed by atoms with Crippen molar-refractivity contribution < 1.29 is 9.52 Å². The lowest BCUT2D eigenvalue weighted by atomic mass is 9.98. The Labute approximate surface area is 122 Å². The van der Waals surface area contributed by atoms with E-state index < -0.39 is 5.54 Å². The largest absolute Gasteiger partial charge is 0.459 e. The van der Waals surface area contributed by atoms with Crippen LogP contribution in [0.5, 0.6) is 0 Å². The molecule has 0 aliphatic heterocycles. The Morgan fingerprint density at radius 3 is 2.79 bits per heavy atom. The molecule has 0 amide bonds. The average molecular weight is 326 g/mol. The van der Waals surface area contributed by atoms with Gasteiger partial charge in [0.1, 0.15) is 11.3 Å². The van der Waals surface area contributed by atoms with E-state index in [2.05, 4.69) is 35.1 Å². The van der Waals surface area contributed by atoms with Crippen molar-refractivity contribution in [3.05, 3.63) is 34.5 Å². The number of nitrogens with one attached hydrogen (secondary N) is 1. The lowest BCUT2D eigenvalue weighted by Gasteiger charge is -2.30. The second-order valence-corrected chi connectivity index (χ2v) is 6.15. The normalized spacial score (nSPS) is 16.5. The van der Waals surface area contributed by atoms with Gasteiger partial charge in [0.2, 0.25) is 0 Å². The number of benzene rings is 1. The highest BCUT2D eigenvalue weighted by molar-refractivity contribution is 9.10. The molecule has 19 heavy (non-hydrogen) atoms. The molecule has 0 spiro atoms. The van der Waals surface area contributed by atoms with E-state index in [1.807, 2.05) is 31.2 Å². The van der Waals surface area contributed by atoms with E-state index in [1.54, 1.807) is 0 Å². The topological polar surface area (TPSA) is 45.4 Å². The Bertz CT molecular complexity index is 566. The summed E-state index contributed by atoms with van der Waals surface area (Å²) >= 11 is 3.45. The van der Waals surface area contributed by atoms with Crippen LogP contribution in [0.3, 0.4) is 0 Å². The summed E-state index contributed by atoms with van der Waals surface area (Å²) in [7, 11) is 0. The highest BCUT2D eigenvalue weighted by Crippen LogP contribution is 2.30. The third kappa shape index (κ3) is 3.02. The van der Waals surface area contributed by atoms with E-state index >= 15 is 0 Å². The zero-order valence-corrected chi connectivity index (χ0v) is 13.1. The monoisotopic (exact) mass is 325 g/mol. The first-order valence-electron chi connectivity index (χ1n) is 6.56. The van der Waals surface area contributed by atoms with Gasteiger partial charge < -0.3 is 14.8 Å². The van der Waals surface area contributed by atoms with Gasteiger partial charge in [-0.25, -0.2) is 0 Å². The number of aliphatic hydroxyl groups excluding tert-OH is 1. The summed E-state index contributed by atoms with van der Waals surface area (Å²) in [5.41, 5.74) is 0.282. The number of aliphatic hydroxyl groups is 1. The molecule has 1 aromatic carbocycles. The molecule has 4 heteroatoms. The predicted molar refractivity (Wildman–Crippen MR) is 81.2 cm³/mol. The molecule has 2 aromatic rings. The van der Waals surface area contributed by atoms with Gasteiger partial charge in [-0.1, -0.05) is 22.9 Å². The van der Waals surface area contributed by atoms with Crippen LogP contribution in [-0.4, -0.2) is 17.8 Å². The van der Waals surface area contributed by atoms with Gasteiger partial charge in [-0.3, -0.25) is 0 Å². The summed E-state index contributed by atoms with van der Waals surface area (Å²) in [6.45, 7) is 6.18. The number of furan rings is 1. The standard InChI is InChI=1S/C15H20BrNO2/c1-4-10(2)17-15(3,9-18)14-8-11-7-12(16)5-6-13(11)19-14/h5-8,10,17-18H,4,9H2,1-3H3. The minimum atomic E-state index is -0.555. The molecule has 0 saturated heterocycles. The average Bonchev–Trinajstić information content (AvgIpc) is 2.81. The van der Waals surface area contributed by atoms with Crippen molar-refractivity contribution in [1.82, 2.24) is 5.32 Å². The van der Waals surface area contributed by atoms with Crippen molar-refractivity contribution in [3.63, 3.8) is 0 Å². The van der Waals surface area contributed by atoms with Crippen LogP contribution in [0.4, 0.5) is 0 Å². The molecule has 104 valence electrons. The third-order valence-electron chi connectivity index (χ3n) is 3.52. The second-order valence-electron chi connectivity index (χ2n) is 5.24. The Balaban J connectivity index is 2.39. The number of halogens is 1. The van der Waals surface area contributed by atoms with Crippen molar-refractivity contribution in [3.8, 4) is 0 Å². The van der Waals surface area contributed by atoms with Gasteiger partial charge in [0.25, 0.3) is 0 Å². The summed E-state index contributed by atoms with van der Waals surface area (Å²) in [6.07, 6.45) is 1.00. The maximum absolute atomic E-state index is 9.73. The zero-order valence-electron chi connectivity index (χ0n) is 11.5. The van der Waals surface area contributed by atoms with Crippen LogP contribution in [0.1, 0.15) is 33.0 Å². The van der Waals surface area contributed by atoms with Crippen LogP contribution < -0.4 is 5.32 Å². The predicted octanol–water partition coefficient (Wildman–Crippen LogP) is 3.79. The summed E-state index contributed by atoms with van der Waals surface area (Å²) in [5.74, 6) is 0.767. The smallest absolute Gasteiger partial charge is 0.134 e. The van der Waals surface area contributed by atoms with Gasteiger partial charge in [0, 0.05) is 15.9 Å². The maximum Gasteiger partial charge on any atom is 0.134 e. The van der Waals surface area contributed by atoms with E-state index in [-0.39, 0.29) is 6.61 Å². The lowest BCUT2D eigenvalue weighted by Crippen LogP contribution is -2.47. The van der Waals surface area contributed by atoms with Crippen LogP contribution in [0, 0.1) is 0 Å². The Morgan fingerprint density at radius 2 is 2.16 bits per heavy atom. The molecule has 0 aliphatic rings. The second kappa shape index (κ2) is 5.65. The number of fused-ring (bicyclic) bond motifs is 1. The molecule has 0 saturated carbocycles.